The van der Waals surface area contributed by atoms with Gasteiger partial charge in [-0.15, -0.1) is 0 Å². The number of aromatic amines is 1. The maximum Gasteiger partial charge on any atom is 0.338 e. The van der Waals surface area contributed by atoms with Gasteiger partial charge < -0.3 is 20.1 Å². The fourth-order valence-electron chi connectivity index (χ4n) is 3.34. The van der Waals surface area contributed by atoms with Crippen LogP contribution in [0.5, 0.6) is 0 Å². The molecule has 0 spiro atoms. The number of methoxy groups -OCH3 is 1. The van der Waals surface area contributed by atoms with E-state index in [1.165, 1.54) is 13.2 Å². The second-order valence-corrected chi connectivity index (χ2v) is 6.68. The van der Waals surface area contributed by atoms with E-state index in [0.29, 0.717) is 29.7 Å². The number of hydrogen-bond donors (Lipinski definition) is 3. The summed E-state index contributed by atoms with van der Waals surface area (Å²) in [5.74, 6) is -0.922. The van der Waals surface area contributed by atoms with Crippen LogP contribution in [0, 0.1) is 6.92 Å². The quantitative estimate of drug-likeness (QED) is 0.711. The zero-order valence-corrected chi connectivity index (χ0v) is 15.3. The highest BCUT2D eigenvalue weighted by atomic mass is 16.5. The van der Waals surface area contributed by atoms with Crippen molar-refractivity contribution < 1.29 is 19.4 Å². The molecular weight excluding hydrogens is 348 g/mol. The molecule has 1 unspecified atom stereocenters. The van der Waals surface area contributed by atoms with Crippen LogP contribution in [0.25, 0.3) is 0 Å². The Kier molecular flexibility index (Phi) is 5.41. The largest absolute Gasteiger partial charge is 0.465 e. The molecule has 2 aromatic rings. The van der Waals surface area contributed by atoms with E-state index >= 15 is 0 Å². The average Bonchev–Trinajstić information content (AvgIpc) is 2.65. The van der Waals surface area contributed by atoms with E-state index in [4.69, 9.17) is 4.74 Å². The van der Waals surface area contributed by atoms with Crippen LogP contribution >= 0.6 is 0 Å². The molecule has 1 aliphatic carbocycles. The van der Waals surface area contributed by atoms with Crippen molar-refractivity contribution in [1.29, 1.82) is 0 Å². The molecule has 7 heteroatoms. The Morgan fingerprint density at radius 3 is 2.78 bits per heavy atom. The number of nitrogens with one attached hydrogen (secondary N) is 2. The van der Waals surface area contributed by atoms with Crippen LogP contribution in [0.4, 0.5) is 0 Å². The smallest absolute Gasteiger partial charge is 0.338 e. The van der Waals surface area contributed by atoms with Crippen LogP contribution in [-0.2, 0) is 17.7 Å². The molecule has 0 bridgehead atoms. The normalized spacial score (nSPS) is 15.7. The SMILES string of the molecule is COC(=O)c1ccc(CNC(=O)c2cc3c([nH]c2=O)CCCC3O)cc1C. The Hall–Kier alpha value is -2.93. The van der Waals surface area contributed by atoms with E-state index in [2.05, 4.69) is 10.3 Å². The molecule has 0 saturated carbocycles. The van der Waals surface area contributed by atoms with Crippen molar-refractivity contribution in [3.63, 3.8) is 0 Å². The molecule has 3 rings (SSSR count). The van der Waals surface area contributed by atoms with Crippen LogP contribution in [-0.4, -0.2) is 29.1 Å². The Morgan fingerprint density at radius 1 is 1.30 bits per heavy atom. The summed E-state index contributed by atoms with van der Waals surface area (Å²) in [4.78, 5) is 39.0. The number of aliphatic hydroxyl groups excluding tert-OH is 1. The van der Waals surface area contributed by atoms with Gasteiger partial charge in [-0.3, -0.25) is 9.59 Å². The highest BCUT2D eigenvalue weighted by Crippen LogP contribution is 2.27. The van der Waals surface area contributed by atoms with E-state index in [9.17, 15) is 19.5 Å². The number of benzene rings is 1. The summed E-state index contributed by atoms with van der Waals surface area (Å²) >= 11 is 0. The topological polar surface area (TPSA) is 108 Å². The van der Waals surface area contributed by atoms with Crippen molar-refractivity contribution in [2.24, 2.45) is 0 Å². The number of pyridine rings is 1. The summed E-state index contributed by atoms with van der Waals surface area (Å²) in [5, 5.41) is 12.8. The van der Waals surface area contributed by atoms with Crippen LogP contribution in [0.2, 0.25) is 0 Å². The zero-order valence-electron chi connectivity index (χ0n) is 15.3. The lowest BCUT2D eigenvalue weighted by atomic mass is 9.92. The van der Waals surface area contributed by atoms with Crippen LogP contribution in [0.1, 0.15) is 62.0 Å². The number of rotatable bonds is 4. The van der Waals surface area contributed by atoms with Gasteiger partial charge in [-0.05, 0) is 49.4 Å². The number of amides is 1. The first-order valence-corrected chi connectivity index (χ1v) is 8.81. The third-order valence-corrected chi connectivity index (χ3v) is 4.81. The van der Waals surface area contributed by atoms with Crippen molar-refractivity contribution in [1.82, 2.24) is 10.3 Å². The summed E-state index contributed by atoms with van der Waals surface area (Å²) in [6, 6.07) is 6.64. The number of aromatic nitrogens is 1. The van der Waals surface area contributed by atoms with Gasteiger partial charge >= 0.3 is 5.97 Å². The molecule has 1 aliphatic rings. The van der Waals surface area contributed by atoms with Gasteiger partial charge in [0.15, 0.2) is 0 Å². The van der Waals surface area contributed by atoms with E-state index in [-0.39, 0.29) is 12.1 Å². The summed E-state index contributed by atoms with van der Waals surface area (Å²) < 4.78 is 4.71. The van der Waals surface area contributed by atoms with Gasteiger partial charge in [-0.2, -0.15) is 0 Å². The lowest BCUT2D eigenvalue weighted by molar-refractivity contribution is 0.0599. The number of esters is 1. The number of hydrogen-bond acceptors (Lipinski definition) is 5. The molecule has 27 heavy (non-hydrogen) atoms. The first-order valence-electron chi connectivity index (χ1n) is 8.81. The Morgan fingerprint density at radius 2 is 2.07 bits per heavy atom. The second-order valence-electron chi connectivity index (χ2n) is 6.68. The molecule has 7 nitrogen and oxygen atoms in total. The summed E-state index contributed by atoms with van der Waals surface area (Å²) in [5.41, 5.74) is 2.84. The van der Waals surface area contributed by atoms with E-state index in [1.54, 1.807) is 25.1 Å². The minimum absolute atomic E-state index is 0.0161. The van der Waals surface area contributed by atoms with Crippen molar-refractivity contribution in [3.05, 3.63) is 68.1 Å². The van der Waals surface area contributed by atoms with Gasteiger partial charge in [0.2, 0.25) is 0 Å². The average molecular weight is 370 g/mol. The van der Waals surface area contributed by atoms with Crippen molar-refractivity contribution >= 4 is 11.9 Å². The van der Waals surface area contributed by atoms with Gasteiger partial charge in [0, 0.05) is 17.8 Å². The molecule has 142 valence electrons. The summed E-state index contributed by atoms with van der Waals surface area (Å²) in [6.07, 6.45) is 1.45. The number of fused-ring (bicyclic) bond motifs is 1. The number of carbonyl (C=O) groups excluding carboxylic acids is 2. The Labute approximate surface area is 156 Å². The van der Waals surface area contributed by atoms with Gasteiger partial charge in [0.25, 0.3) is 11.5 Å². The fraction of sp³-hybridized carbons (Fsp3) is 0.350. The van der Waals surface area contributed by atoms with E-state index in [0.717, 1.165) is 17.5 Å². The van der Waals surface area contributed by atoms with Crippen molar-refractivity contribution in [3.8, 4) is 0 Å². The number of aryl methyl sites for hydroxylation is 2. The molecule has 1 atom stereocenters. The predicted molar refractivity (Wildman–Crippen MR) is 98.6 cm³/mol. The molecule has 0 saturated heterocycles. The van der Waals surface area contributed by atoms with Gasteiger partial charge in [0.1, 0.15) is 5.56 Å². The maximum atomic E-state index is 12.5. The van der Waals surface area contributed by atoms with E-state index in [1.807, 2.05) is 0 Å². The number of ether oxygens (including phenoxy) is 1. The minimum Gasteiger partial charge on any atom is -0.465 e. The minimum atomic E-state index is -0.661. The third-order valence-electron chi connectivity index (χ3n) is 4.81. The Balaban J connectivity index is 1.75. The number of H-pyrrole nitrogens is 1. The third kappa shape index (κ3) is 3.93. The lowest BCUT2D eigenvalue weighted by Crippen LogP contribution is -2.31. The monoisotopic (exact) mass is 370 g/mol. The summed E-state index contributed by atoms with van der Waals surface area (Å²) in [6.45, 7) is 1.99. The van der Waals surface area contributed by atoms with Crippen LogP contribution in [0.3, 0.4) is 0 Å². The molecular formula is C20H22N2O5. The summed E-state index contributed by atoms with van der Waals surface area (Å²) in [7, 11) is 1.32. The van der Waals surface area contributed by atoms with Crippen molar-refractivity contribution in [2.45, 2.75) is 38.8 Å². The van der Waals surface area contributed by atoms with Gasteiger partial charge in [-0.25, -0.2) is 4.79 Å². The zero-order chi connectivity index (χ0) is 19.6. The van der Waals surface area contributed by atoms with Crippen LogP contribution in [0.15, 0.2) is 29.1 Å². The molecule has 0 radical (unpaired) electrons. The maximum absolute atomic E-state index is 12.5. The molecule has 0 fully saturated rings. The highest BCUT2D eigenvalue weighted by Gasteiger charge is 2.22. The predicted octanol–water partition coefficient (Wildman–Crippen LogP) is 1.77. The molecule has 0 aliphatic heterocycles. The van der Waals surface area contributed by atoms with E-state index < -0.39 is 23.5 Å². The molecule has 1 heterocycles. The molecule has 1 amide bonds. The number of aliphatic hydroxyl groups is 1. The Bertz CT molecular complexity index is 948. The van der Waals surface area contributed by atoms with Gasteiger partial charge in [0.05, 0.1) is 18.8 Å². The second kappa shape index (κ2) is 7.75. The first-order chi connectivity index (χ1) is 12.9. The molecule has 3 N–H and O–H groups in total. The first kappa shape index (κ1) is 18.8. The lowest BCUT2D eigenvalue weighted by Gasteiger charge is -2.21. The highest BCUT2D eigenvalue weighted by molar-refractivity contribution is 5.94. The standard InChI is InChI=1S/C20H22N2O5/c1-11-8-12(6-7-13(11)20(26)27-2)10-21-18(24)15-9-14-16(22-19(15)25)4-3-5-17(14)23/h6-9,17,23H,3-5,10H2,1-2H3,(H,21,24)(H,22,25). The van der Waals surface area contributed by atoms with Crippen LogP contribution < -0.4 is 10.9 Å². The number of carbonyl (C=O) groups is 2. The van der Waals surface area contributed by atoms with Crippen molar-refractivity contribution in [2.75, 3.05) is 7.11 Å². The molecule has 1 aromatic carbocycles. The molecule has 1 aromatic heterocycles. The van der Waals surface area contributed by atoms with Gasteiger partial charge in [-0.1, -0.05) is 12.1 Å². The fourth-order valence-corrected chi connectivity index (χ4v) is 3.34.